The number of nitro benzene ring substituents is 1. The largest absolute Gasteiger partial charge is 0.292 e. The van der Waals surface area contributed by atoms with Gasteiger partial charge in [0, 0.05) is 23.1 Å². The van der Waals surface area contributed by atoms with Crippen LogP contribution in [-0.4, -0.2) is 34.2 Å². The Labute approximate surface area is 210 Å². The smallest absolute Gasteiger partial charge is 0.269 e. The number of ketones is 1. The summed E-state index contributed by atoms with van der Waals surface area (Å²) in [5.41, 5.74) is 4.57. The lowest BCUT2D eigenvalue weighted by atomic mass is 9.70. The average molecular weight is 477 g/mol. The van der Waals surface area contributed by atoms with Gasteiger partial charge in [-0.05, 0) is 87.0 Å². The molecule has 5 nitrogen and oxygen atoms in total. The molecule has 2 aliphatic rings. The van der Waals surface area contributed by atoms with E-state index < -0.39 is 5.54 Å². The van der Waals surface area contributed by atoms with Gasteiger partial charge in [-0.2, -0.15) is 0 Å². The monoisotopic (exact) mass is 476 g/mol. The molecular formula is C30H40N2O3. The maximum atomic E-state index is 13.9. The number of benzene rings is 2. The second-order valence-electron chi connectivity index (χ2n) is 11.0. The van der Waals surface area contributed by atoms with Crippen molar-refractivity contribution in [3.63, 3.8) is 0 Å². The molecule has 4 rings (SSSR count). The van der Waals surface area contributed by atoms with Crippen LogP contribution in [0.5, 0.6) is 0 Å². The third-order valence-corrected chi connectivity index (χ3v) is 8.43. The van der Waals surface area contributed by atoms with Crippen molar-refractivity contribution in [2.24, 2.45) is 0 Å². The molecule has 0 atom stereocenters. The normalized spacial score (nSPS) is 17.1. The molecule has 2 aromatic rings. The van der Waals surface area contributed by atoms with Crippen molar-refractivity contribution in [1.29, 1.82) is 0 Å². The number of nitro groups is 1. The molecule has 0 unspecified atom stereocenters. The Morgan fingerprint density at radius 1 is 0.943 bits per heavy atom. The number of piperidine rings is 1. The van der Waals surface area contributed by atoms with Crippen LogP contribution >= 0.6 is 0 Å². The summed E-state index contributed by atoms with van der Waals surface area (Å²) >= 11 is 0. The lowest BCUT2D eigenvalue weighted by Crippen LogP contribution is -2.52. The zero-order chi connectivity index (χ0) is 25.2. The molecule has 0 bridgehead atoms. The third kappa shape index (κ3) is 4.55. The predicted molar refractivity (Wildman–Crippen MR) is 142 cm³/mol. The first-order valence-corrected chi connectivity index (χ1v) is 13.5. The van der Waals surface area contributed by atoms with Gasteiger partial charge in [0.1, 0.15) is 0 Å². The fourth-order valence-corrected chi connectivity index (χ4v) is 6.31. The number of unbranched alkanes of at least 4 members (excludes halogenated alkanes) is 2. The van der Waals surface area contributed by atoms with E-state index in [2.05, 4.69) is 44.7 Å². The summed E-state index contributed by atoms with van der Waals surface area (Å²) in [6, 6.07) is 11.6. The minimum absolute atomic E-state index is 0.149. The summed E-state index contributed by atoms with van der Waals surface area (Å²) in [7, 11) is 0. The highest BCUT2D eigenvalue weighted by Gasteiger charge is 2.44. The fraction of sp³-hybridized carbons (Fsp3) is 0.567. The van der Waals surface area contributed by atoms with E-state index in [1.807, 2.05) is 12.1 Å². The van der Waals surface area contributed by atoms with Crippen LogP contribution in [0.3, 0.4) is 0 Å². The van der Waals surface area contributed by atoms with Crippen LogP contribution in [0.15, 0.2) is 36.4 Å². The van der Waals surface area contributed by atoms with Crippen LogP contribution in [0.25, 0.3) is 11.1 Å². The van der Waals surface area contributed by atoms with Crippen LogP contribution in [0.4, 0.5) is 5.69 Å². The number of carbonyl (C=O) groups excluding carboxylic acids is 1. The van der Waals surface area contributed by atoms with E-state index in [1.54, 1.807) is 12.1 Å². The number of Topliss-reactive ketones (excluding diaryl/α,β-unsaturated/α-hetero) is 1. The van der Waals surface area contributed by atoms with E-state index in [-0.39, 0.29) is 21.8 Å². The molecular weight excluding hydrogens is 436 g/mol. The SMILES string of the molecule is CCCCC1(CCCC)c2cc(C(=O)C(C)(C)N3CCCCC3)ccc2-c2ccc([N+](=O)[O-])cc21. The van der Waals surface area contributed by atoms with Crippen molar-refractivity contribution < 1.29 is 9.72 Å². The van der Waals surface area contributed by atoms with E-state index in [4.69, 9.17) is 0 Å². The lowest BCUT2D eigenvalue weighted by molar-refractivity contribution is -0.384. The van der Waals surface area contributed by atoms with E-state index >= 15 is 0 Å². The standard InChI is InChI=1S/C30H40N2O3/c1-5-7-16-30(17-8-6-2)26-20-22(28(33)29(3,4)31-18-10-9-11-19-31)12-14-24(26)25-15-13-23(32(34)35)21-27(25)30/h12-15,20-21H,5-11,16-19H2,1-4H3. The number of non-ortho nitro benzene ring substituents is 1. The Kier molecular flexibility index (Phi) is 7.46. The molecule has 1 aliphatic carbocycles. The average Bonchev–Trinajstić information content (AvgIpc) is 3.14. The Bertz CT molecular complexity index is 1090. The van der Waals surface area contributed by atoms with Gasteiger partial charge in [-0.25, -0.2) is 0 Å². The maximum absolute atomic E-state index is 13.9. The van der Waals surface area contributed by atoms with Gasteiger partial charge < -0.3 is 0 Å². The molecule has 1 fully saturated rings. The van der Waals surface area contributed by atoms with Crippen LogP contribution in [0, 0.1) is 10.1 Å². The van der Waals surface area contributed by atoms with Gasteiger partial charge >= 0.3 is 0 Å². The quantitative estimate of drug-likeness (QED) is 0.200. The van der Waals surface area contributed by atoms with Gasteiger partial charge in [0.25, 0.3) is 5.69 Å². The summed E-state index contributed by atoms with van der Waals surface area (Å²) in [5, 5.41) is 11.7. The van der Waals surface area contributed by atoms with Gasteiger partial charge in [0.05, 0.1) is 10.5 Å². The summed E-state index contributed by atoms with van der Waals surface area (Å²) in [5.74, 6) is 0.170. The second-order valence-corrected chi connectivity index (χ2v) is 11.0. The number of nitrogens with zero attached hydrogens (tertiary/aromatic N) is 2. The number of likely N-dealkylation sites (tertiary alicyclic amines) is 1. The van der Waals surface area contributed by atoms with E-state index in [0.29, 0.717) is 0 Å². The zero-order valence-corrected chi connectivity index (χ0v) is 21.9. The molecule has 1 saturated heterocycles. The van der Waals surface area contributed by atoms with Crippen molar-refractivity contribution in [3.8, 4) is 11.1 Å². The summed E-state index contributed by atoms with van der Waals surface area (Å²) in [6.45, 7) is 10.4. The van der Waals surface area contributed by atoms with Gasteiger partial charge in [-0.3, -0.25) is 19.8 Å². The zero-order valence-electron chi connectivity index (χ0n) is 21.9. The minimum Gasteiger partial charge on any atom is -0.292 e. The molecule has 0 radical (unpaired) electrons. The Balaban J connectivity index is 1.83. The molecule has 0 spiro atoms. The van der Waals surface area contributed by atoms with Crippen LogP contribution in [0.2, 0.25) is 0 Å². The fourth-order valence-electron chi connectivity index (χ4n) is 6.31. The van der Waals surface area contributed by atoms with Crippen LogP contribution < -0.4 is 0 Å². The highest BCUT2D eigenvalue weighted by molar-refractivity contribution is 6.03. The molecule has 5 heteroatoms. The molecule has 1 aliphatic heterocycles. The maximum Gasteiger partial charge on any atom is 0.269 e. The van der Waals surface area contributed by atoms with Crippen molar-refractivity contribution >= 4 is 11.5 Å². The molecule has 1 heterocycles. The van der Waals surface area contributed by atoms with Gasteiger partial charge in [0.15, 0.2) is 5.78 Å². The van der Waals surface area contributed by atoms with Gasteiger partial charge in [0.2, 0.25) is 0 Å². The first-order valence-electron chi connectivity index (χ1n) is 13.5. The van der Waals surface area contributed by atoms with Crippen molar-refractivity contribution in [2.75, 3.05) is 13.1 Å². The number of hydrogen-bond donors (Lipinski definition) is 0. The summed E-state index contributed by atoms with van der Waals surface area (Å²) < 4.78 is 0. The minimum atomic E-state index is -0.547. The molecule has 35 heavy (non-hydrogen) atoms. The first-order chi connectivity index (χ1) is 16.8. The Morgan fingerprint density at radius 2 is 1.51 bits per heavy atom. The number of fused-ring (bicyclic) bond motifs is 3. The highest BCUT2D eigenvalue weighted by atomic mass is 16.6. The first kappa shape index (κ1) is 25.6. The number of carbonyl (C=O) groups is 1. The molecule has 188 valence electrons. The summed E-state index contributed by atoms with van der Waals surface area (Å²) in [6.07, 6.45) is 9.63. The highest BCUT2D eigenvalue weighted by Crippen LogP contribution is 2.55. The Morgan fingerprint density at radius 3 is 2.09 bits per heavy atom. The van der Waals surface area contributed by atoms with E-state index in [9.17, 15) is 14.9 Å². The van der Waals surface area contributed by atoms with Gasteiger partial charge in [-0.1, -0.05) is 58.1 Å². The molecule has 0 saturated carbocycles. The Hall–Kier alpha value is -2.53. The third-order valence-electron chi connectivity index (χ3n) is 8.43. The molecule has 2 aromatic carbocycles. The van der Waals surface area contributed by atoms with Crippen LogP contribution in [-0.2, 0) is 5.41 Å². The van der Waals surface area contributed by atoms with Crippen molar-refractivity contribution in [2.45, 2.75) is 96.4 Å². The van der Waals surface area contributed by atoms with Crippen molar-refractivity contribution in [1.82, 2.24) is 4.90 Å². The van der Waals surface area contributed by atoms with Gasteiger partial charge in [-0.15, -0.1) is 0 Å². The second kappa shape index (κ2) is 10.2. The van der Waals surface area contributed by atoms with E-state index in [1.165, 1.54) is 12.0 Å². The van der Waals surface area contributed by atoms with E-state index in [0.717, 1.165) is 86.7 Å². The topological polar surface area (TPSA) is 63.5 Å². The van der Waals surface area contributed by atoms with Crippen LogP contribution in [0.1, 0.15) is 107 Å². The van der Waals surface area contributed by atoms with Crippen molar-refractivity contribution in [3.05, 3.63) is 63.2 Å². The molecule has 0 amide bonds. The molecule has 0 N–H and O–H groups in total. The summed E-state index contributed by atoms with van der Waals surface area (Å²) in [4.78, 5) is 27.6. The number of rotatable bonds is 10. The predicted octanol–water partition coefficient (Wildman–Crippen LogP) is 7.69. The number of hydrogen-bond acceptors (Lipinski definition) is 4. The lowest BCUT2D eigenvalue weighted by Gasteiger charge is -2.40. The molecule has 0 aromatic heterocycles.